The smallest absolute Gasteiger partial charge is 0.338 e. The molecule has 2 aliphatic carbocycles. The second-order valence-corrected chi connectivity index (χ2v) is 9.25. The van der Waals surface area contributed by atoms with E-state index >= 15 is 0 Å². The molecule has 0 N–H and O–H groups in total. The number of fused-ring (bicyclic) bond motifs is 5. The van der Waals surface area contributed by atoms with Crippen LogP contribution in [0.4, 0.5) is 5.69 Å². The predicted octanol–water partition coefficient (Wildman–Crippen LogP) is 3.88. The van der Waals surface area contributed by atoms with Crippen LogP contribution in [0, 0.1) is 37.5 Å². The molecule has 0 aromatic heterocycles. The lowest BCUT2D eigenvalue weighted by atomic mass is 9.81. The van der Waals surface area contributed by atoms with E-state index in [4.69, 9.17) is 4.74 Å². The van der Waals surface area contributed by atoms with E-state index < -0.39 is 5.97 Å². The van der Waals surface area contributed by atoms with Crippen LogP contribution in [0.5, 0.6) is 0 Å². The first-order valence-corrected chi connectivity index (χ1v) is 11.1. The van der Waals surface area contributed by atoms with E-state index in [9.17, 15) is 19.2 Å². The van der Waals surface area contributed by atoms with Crippen molar-refractivity contribution in [3.63, 3.8) is 0 Å². The molecule has 0 unspecified atom stereocenters. The van der Waals surface area contributed by atoms with Gasteiger partial charge in [0.25, 0.3) is 0 Å². The number of aryl methyl sites for hydroxylation is 2. The maximum Gasteiger partial charge on any atom is 0.338 e. The van der Waals surface area contributed by atoms with Gasteiger partial charge in [0.2, 0.25) is 11.8 Å². The third kappa shape index (κ3) is 3.25. The molecule has 5 rings (SSSR count). The number of nitrogens with zero attached hydrogens (tertiary/aromatic N) is 1. The van der Waals surface area contributed by atoms with Crippen molar-refractivity contribution in [3.05, 3.63) is 64.7 Å². The first kappa shape index (κ1) is 20.6. The lowest BCUT2D eigenvalue weighted by Crippen LogP contribution is -2.32. The Labute approximate surface area is 186 Å². The standard InChI is InChI=1S/C26H25NO5/c1-14-6-7-16(10-15(14)2)21(28)13-32-26(31)19-4-3-5-20(12-19)27-24(29)22-17-8-9-18(11-17)23(22)25(27)30/h3-7,10,12,17-18,22-23H,8-9,11,13H2,1-2H3/t17-,18+,22-,23-/m0/s1. The molecule has 32 heavy (non-hydrogen) atoms. The van der Waals surface area contributed by atoms with Gasteiger partial charge >= 0.3 is 5.97 Å². The van der Waals surface area contributed by atoms with E-state index in [1.165, 1.54) is 11.0 Å². The molecule has 1 aliphatic heterocycles. The Hall–Kier alpha value is -3.28. The summed E-state index contributed by atoms with van der Waals surface area (Å²) >= 11 is 0. The van der Waals surface area contributed by atoms with Crippen LogP contribution in [-0.4, -0.2) is 30.2 Å². The number of hydrogen-bond donors (Lipinski definition) is 0. The minimum Gasteiger partial charge on any atom is -0.454 e. The van der Waals surface area contributed by atoms with Crippen LogP contribution < -0.4 is 4.90 Å². The summed E-state index contributed by atoms with van der Waals surface area (Å²) in [6.07, 6.45) is 3.00. The molecule has 2 bridgehead atoms. The summed E-state index contributed by atoms with van der Waals surface area (Å²) in [5.74, 6) is -1.08. The van der Waals surface area contributed by atoms with E-state index in [0.29, 0.717) is 23.1 Å². The maximum absolute atomic E-state index is 13.0. The molecule has 1 heterocycles. The van der Waals surface area contributed by atoms with E-state index in [1.807, 2.05) is 19.9 Å². The first-order chi connectivity index (χ1) is 15.3. The number of Topliss-reactive ketones (excluding diaryl/α,β-unsaturated/α-hetero) is 1. The molecule has 6 heteroatoms. The van der Waals surface area contributed by atoms with Crippen molar-refractivity contribution >= 4 is 29.3 Å². The van der Waals surface area contributed by atoms with Crippen molar-refractivity contribution in [2.24, 2.45) is 23.7 Å². The number of benzene rings is 2. The molecule has 2 amide bonds. The van der Waals surface area contributed by atoms with E-state index in [2.05, 4.69) is 0 Å². The van der Waals surface area contributed by atoms with Gasteiger partial charge in [-0.15, -0.1) is 0 Å². The maximum atomic E-state index is 13.0. The number of rotatable bonds is 5. The quantitative estimate of drug-likeness (QED) is 0.408. The van der Waals surface area contributed by atoms with Gasteiger partial charge in [-0.2, -0.15) is 0 Å². The zero-order chi connectivity index (χ0) is 22.6. The van der Waals surface area contributed by atoms with Crippen molar-refractivity contribution in [1.82, 2.24) is 0 Å². The molecule has 2 aromatic carbocycles. The van der Waals surface area contributed by atoms with E-state index in [-0.39, 0.29) is 41.6 Å². The average molecular weight is 431 g/mol. The van der Waals surface area contributed by atoms with Crippen molar-refractivity contribution in [2.45, 2.75) is 33.1 Å². The number of carbonyl (C=O) groups is 4. The summed E-state index contributed by atoms with van der Waals surface area (Å²) in [5, 5.41) is 0. The highest BCUT2D eigenvalue weighted by Gasteiger charge is 2.61. The second kappa shape index (κ2) is 7.69. The molecule has 2 aromatic rings. The number of esters is 1. The number of ether oxygens (including phenoxy) is 1. The van der Waals surface area contributed by atoms with Gasteiger partial charge in [-0.05, 0) is 80.3 Å². The number of imide groups is 1. The molecule has 3 aliphatic rings. The van der Waals surface area contributed by atoms with E-state index in [0.717, 1.165) is 30.4 Å². The lowest BCUT2D eigenvalue weighted by Gasteiger charge is -2.19. The molecule has 2 saturated carbocycles. The Morgan fingerprint density at radius 2 is 1.59 bits per heavy atom. The van der Waals surface area contributed by atoms with Crippen LogP contribution in [-0.2, 0) is 14.3 Å². The van der Waals surface area contributed by atoms with Gasteiger partial charge in [0.05, 0.1) is 23.1 Å². The molecule has 1 saturated heterocycles. The van der Waals surface area contributed by atoms with Crippen LogP contribution in [0.25, 0.3) is 0 Å². The fraction of sp³-hybridized carbons (Fsp3) is 0.385. The van der Waals surface area contributed by atoms with Crippen LogP contribution in [0.1, 0.15) is 51.1 Å². The molecule has 0 radical (unpaired) electrons. The zero-order valence-electron chi connectivity index (χ0n) is 18.2. The monoisotopic (exact) mass is 431 g/mol. The highest BCUT2D eigenvalue weighted by molar-refractivity contribution is 6.22. The van der Waals surface area contributed by atoms with Crippen LogP contribution >= 0.6 is 0 Å². The van der Waals surface area contributed by atoms with Gasteiger partial charge in [-0.3, -0.25) is 19.3 Å². The fourth-order valence-corrected chi connectivity index (χ4v) is 5.65. The molecule has 3 fully saturated rings. The minimum absolute atomic E-state index is 0.150. The summed E-state index contributed by atoms with van der Waals surface area (Å²) < 4.78 is 5.23. The SMILES string of the molecule is Cc1ccc(C(=O)COC(=O)c2cccc(N3C(=O)[C@H]4[C@@H]5CC[C@@H](C5)[C@@H]4C3=O)c2)cc1C. The first-order valence-electron chi connectivity index (χ1n) is 11.1. The minimum atomic E-state index is -0.664. The van der Waals surface area contributed by atoms with Crippen LogP contribution in [0.3, 0.4) is 0 Å². The Morgan fingerprint density at radius 1 is 0.906 bits per heavy atom. The molecular weight excluding hydrogens is 406 g/mol. The Kier molecular flexibility index (Phi) is 4.96. The lowest BCUT2D eigenvalue weighted by molar-refractivity contribution is -0.123. The van der Waals surface area contributed by atoms with Crippen molar-refractivity contribution < 1.29 is 23.9 Å². The van der Waals surface area contributed by atoms with Crippen molar-refractivity contribution in [3.8, 4) is 0 Å². The average Bonchev–Trinajstić information content (AvgIpc) is 3.47. The summed E-state index contributed by atoms with van der Waals surface area (Å²) in [6.45, 7) is 3.51. The van der Waals surface area contributed by atoms with Gasteiger partial charge < -0.3 is 4.74 Å². The van der Waals surface area contributed by atoms with Crippen molar-refractivity contribution in [1.29, 1.82) is 0 Å². The number of amides is 2. The summed E-state index contributed by atoms with van der Waals surface area (Å²) in [4.78, 5) is 52.3. The number of carbonyl (C=O) groups excluding carboxylic acids is 4. The molecule has 0 spiro atoms. The molecular formula is C26H25NO5. The summed E-state index contributed by atoms with van der Waals surface area (Å²) in [5.41, 5.74) is 3.16. The Morgan fingerprint density at radius 3 is 2.25 bits per heavy atom. The highest BCUT2D eigenvalue weighted by Crippen LogP contribution is 2.56. The molecule has 4 atom stereocenters. The van der Waals surface area contributed by atoms with Crippen molar-refractivity contribution in [2.75, 3.05) is 11.5 Å². The number of anilines is 1. The van der Waals surface area contributed by atoms with Gasteiger partial charge in [-0.25, -0.2) is 4.79 Å². The van der Waals surface area contributed by atoms with Gasteiger partial charge in [0.15, 0.2) is 12.4 Å². The molecule has 6 nitrogen and oxygen atoms in total. The number of ketones is 1. The Balaban J connectivity index is 1.29. The highest BCUT2D eigenvalue weighted by atomic mass is 16.5. The van der Waals surface area contributed by atoms with Gasteiger partial charge in [-0.1, -0.05) is 18.2 Å². The number of hydrogen-bond acceptors (Lipinski definition) is 5. The second-order valence-electron chi connectivity index (χ2n) is 9.25. The van der Waals surface area contributed by atoms with Crippen LogP contribution in [0.15, 0.2) is 42.5 Å². The largest absolute Gasteiger partial charge is 0.454 e. The third-order valence-electron chi connectivity index (χ3n) is 7.43. The normalized spacial score (nSPS) is 25.9. The molecule has 164 valence electrons. The third-order valence-corrected chi connectivity index (χ3v) is 7.43. The topological polar surface area (TPSA) is 80.8 Å². The summed E-state index contributed by atoms with van der Waals surface area (Å²) in [7, 11) is 0. The fourth-order valence-electron chi connectivity index (χ4n) is 5.65. The zero-order valence-corrected chi connectivity index (χ0v) is 18.2. The van der Waals surface area contributed by atoms with Gasteiger partial charge in [0.1, 0.15) is 0 Å². The summed E-state index contributed by atoms with van der Waals surface area (Å²) in [6, 6.07) is 11.7. The predicted molar refractivity (Wildman–Crippen MR) is 117 cm³/mol. The van der Waals surface area contributed by atoms with E-state index in [1.54, 1.807) is 30.3 Å². The Bertz CT molecular complexity index is 1120. The van der Waals surface area contributed by atoms with Gasteiger partial charge in [0, 0.05) is 5.56 Å². The van der Waals surface area contributed by atoms with Crippen LogP contribution in [0.2, 0.25) is 0 Å².